The maximum Gasteiger partial charge on any atom is 0.315 e. The largest absolute Gasteiger partial charge is 0.496 e. The quantitative estimate of drug-likeness (QED) is 0.835. The first kappa shape index (κ1) is 16.7. The van der Waals surface area contributed by atoms with Crippen molar-refractivity contribution in [3.05, 3.63) is 45.7 Å². The van der Waals surface area contributed by atoms with Gasteiger partial charge in [-0.3, -0.25) is 0 Å². The molecule has 5 nitrogen and oxygen atoms in total. The predicted octanol–water partition coefficient (Wildman–Crippen LogP) is 3.73. The predicted molar refractivity (Wildman–Crippen MR) is 90.8 cm³/mol. The van der Waals surface area contributed by atoms with Crippen LogP contribution in [-0.4, -0.2) is 18.1 Å². The van der Waals surface area contributed by atoms with E-state index in [9.17, 15) is 9.18 Å². The molecule has 1 aromatic heterocycles. The van der Waals surface area contributed by atoms with Crippen LogP contribution in [0.5, 0.6) is 5.75 Å². The highest BCUT2D eigenvalue weighted by molar-refractivity contribution is 7.09. The molecule has 3 rings (SSSR count). The van der Waals surface area contributed by atoms with E-state index in [1.165, 1.54) is 26.0 Å². The molecule has 2 N–H and O–H groups in total. The summed E-state index contributed by atoms with van der Waals surface area (Å²) < 4.78 is 19.2. The van der Waals surface area contributed by atoms with E-state index < -0.39 is 11.9 Å². The van der Waals surface area contributed by atoms with E-state index in [1.54, 1.807) is 30.4 Å². The number of carbonyl (C=O) groups is 1. The highest BCUT2D eigenvalue weighted by Gasteiger charge is 2.26. The summed E-state index contributed by atoms with van der Waals surface area (Å²) in [5.41, 5.74) is 1.19. The van der Waals surface area contributed by atoms with Crippen molar-refractivity contribution in [2.24, 2.45) is 0 Å². The van der Waals surface area contributed by atoms with E-state index >= 15 is 0 Å². The van der Waals surface area contributed by atoms with Crippen molar-refractivity contribution >= 4 is 17.4 Å². The van der Waals surface area contributed by atoms with Crippen molar-refractivity contribution in [3.63, 3.8) is 0 Å². The number of urea groups is 1. The lowest BCUT2D eigenvalue weighted by Crippen LogP contribution is -2.37. The third-order valence-electron chi connectivity index (χ3n) is 3.94. The Labute approximate surface area is 144 Å². The van der Waals surface area contributed by atoms with Gasteiger partial charge in [0.15, 0.2) is 0 Å². The highest BCUT2D eigenvalue weighted by Crippen LogP contribution is 2.41. The van der Waals surface area contributed by atoms with Gasteiger partial charge >= 0.3 is 6.03 Å². The van der Waals surface area contributed by atoms with Crippen molar-refractivity contribution in [3.8, 4) is 5.75 Å². The molecule has 0 bridgehead atoms. The first-order chi connectivity index (χ1) is 11.6. The van der Waals surface area contributed by atoms with Gasteiger partial charge in [-0.1, -0.05) is 6.07 Å². The molecule has 2 amide bonds. The second kappa shape index (κ2) is 7.17. The number of halogens is 1. The Bertz CT molecular complexity index is 730. The number of hydrogen-bond donors (Lipinski definition) is 2. The van der Waals surface area contributed by atoms with Crippen molar-refractivity contribution in [2.45, 2.75) is 38.3 Å². The van der Waals surface area contributed by atoms with Crippen LogP contribution in [0.15, 0.2) is 23.6 Å². The van der Waals surface area contributed by atoms with Gasteiger partial charge in [0.1, 0.15) is 11.6 Å². The number of ether oxygens (including phenoxy) is 1. The third kappa shape index (κ3) is 3.84. The Morgan fingerprint density at radius 1 is 1.50 bits per heavy atom. The average molecular weight is 349 g/mol. The molecule has 0 unspecified atom stereocenters. The zero-order chi connectivity index (χ0) is 17.1. The Morgan fingerprint density at radius 2 is 2.29 bits per heavy atom. The van der Waals surface area contributed by atoms with Gasteiger partial charge in [-0.2, -0.15) is 0 Å². The number of aromatic nitrogens is 1. The number of benzene rings is 1. The Morgan fingerprint density at radius 3 is 3.00 bits per heavy atom. The number of carbonyl (C=O) groups excluding carboxylic acids is 1. The second-order valence-corrected chi connectivity index (χ2v) is 6.75. The molecule has 1 saturated carbocycles. The summed E-state index contributed by atoms with van der Waals surface area (Å²) in [6.07, 6.45) is 2.42. The minimum Gasteiger partial charge on any atom is -0.496 e. The summed E-state index contributed by atoms with van der Waals surface area (Å²) in [6, 6.07) is 3.71. The molecule has 1 heterocycles. The van der Waals surface area contributed by atoms with Crippen molar-refractivity contribution in [2.75, 3.05) is 7.11 Å². The molecule has 1 aromatic carbocycles. The van der Waals surface area contributed by atoms with E-state index in [-0.39, 0.29) is 6.03 Å². The van der Waals surface area contributed by atoms with Crippen molar-refractivity contribution < 1.29 is 13.9 Å². The van der Waals surface area contributed by atoms with Crippen molar-refractivity contribution in [1.29, 1.82) is 0 Å². The molecule has 1 aliphatic rings. The van der Waals surface area contributed by atoms with Gasteiger partial charge in [-0.25, -0.2) is 14.2 Å². The number of rotatable bonds is 6. The normalized spacial score (nSPS) is 15.0. The number of nitrogens with zero attached hydrogens (tertiary/aromatic N) is 1. The summed E-state index contributed by atoms with van der Waals surface area (Å²) in [7, 11) is 1.48. The van der Waals surface area contributed by atoms with Crippen LogP contribution in [0.25, 0.3) is 0 Å². The number of amides is 2. The molecular weight excluding hydrogens is 329 g/mol. The van der Waals surface area contributed by atoms with Crippen LogP contribution < -0.4 is 15.4 Å². The van der Waals surface area contributed by atoms with Gasteiger partial charge in [0, 0.05) is 11.3 Å². The topological polar surface area (TPSA) is 63.2 Å². The first-order valence-corrected chi connectivity index (χ1v) is 8.77. The van der Waals surface area contributed by atoms with E-state index in [0.717, 1.165) is 10.7 Å². The van der Waals surface area contributed by atoms with Crippen LogP contribution in [0.1, 0.15) is 48.0 Å². The summed E-state index contributed by atoms with van der Waals surface area (Å²) >= 11 is 1.64. The van der Waals surface area contributed by atoms with E-state index in [4.69, 9.17) is 4.74 Å². The smallest absolute Gasteiger partial charge is 0.315 e. The summed E-state index contributed by atoms with van der Waals surface area (Å²) in [5, 5.41) is 8.61. The number of thiazole rings is 1. The molecule has 1 atom stereocenters. The van der Waals surface area contributed by atoms with Crippen LogP contribution in [0.4, 0.5) is 9.18 Å². The molecular formula is C17H20FN3O2S. The van der Waals surface area contributed by atoms with Crippen LogP contribution >= 0.6 is 11.3 Å². The Balaban J connectivity index is 1.56. The van der Waals surface area contributed by atoms with Crippen LogP contribution in [-0.2, 0) is 6.54 Å². The summed E-state index contributed by atoms with van der Waals surface area (Å²) in [5.74, 6) is 0.623. The standard InChI is InChI=1S/C17H20FN3O2S/c1-10(15-13(18)4-3-5-14(15)23-2)20-17(22)19-8-12-9-24-16(21-12)11-6-7-11/h3-5,9-11H,6-8H2,1-2H3,(H2,19,20,22)/t10-/m0/s1. The first-order valence-electron chi connectivity index (χ1n) is 7.89. The molecule has 0 spiro atoms. The van der Waals surface area contributed by atoms with Crippen molar-refractivity contribution in [1.82, 2.24) is 15.6 Å². The lowest BCUT2D eigenvalue weighted by Gasteiger charge is -2.18. The van der Waals surface area contributed by atoms with Gasteiger partial charge in [-0.15, -0.1) is 11.3 Å². The van der Waals surface area contributed by atoms with Crippen LogP contribution in [0.3, 0.4) is 0 Å². The molecule has 24 heavy (non-hydrogen) atoms. The zero-order valence-electron chi connectivity index (χ0n) is 13.6. The van der Waals surface area contributed by atoms with Gasteiger partial charge in [0.2, 0.25) is 0 Å². The second-order valence-electron chi connectivity index (χ2n) is 5.86. The fourth-order valence-corrected chi connectivity index (χ4v) is 3.52. The highest BCUT2D eigenvalue weighted by atomic mass is 32.1. The molecule has 2 aromatic rings. The number of nitrogens with one attached hydrogen (secondary N) is 2. The molecule has 0 radical (unpaired) electrons. The minimum atomic E-state index is -0.515. The lowest BCUT2D eigenvalue weighted by molar-refractivity contribution is 0.237. The molecule has 1 aliphatic carbocycles. The minimum absolute atomic E-state index is 0.333. The fraction of sp³-hybridized carbons (Fsp3) is 0.412. The van der Waals surface area contributed by atoms with E-state index in [0.29, 0.717) is 23.8 Å². The Hall–Kier alpha value is -2.15. The maximum absolute atomic E-state index is 14.0. The Kier molecular flexibility index (Phi) is 4.99. The number of hydrogen-bond acceptors (Lipinski definition) is 4. The fourth-order valence-electron chi connectivity index (χ4n) is 2.53. The summed E-state index contributed by atoms with van der Waals surface area (Å²) in [4.78, 5) is 16.6. The van der Waals surface area contributed by atoms with Gasteiger partial charge in [0.05, 0.1) is 36.0 Å². The van der Waals surface area contributed by atoms with Gasteiger partial charge < -0.3 is 15.4 Å². The average Bonchev–Trinajstić information content (AvgIpc) is 3.31. The van der Waals surface area contributed by atoms with E-state index in [2.05, 4.69) is 15.6 Å². The van der Waals surface area contributed by atoms with E-state index in [1.807, 2.05) is 5.38 Å². The summed E-state index contributed by atoms with van der Waals surface area (Å²) in [6.45, 7) is 2.07. The molecule has 0 aliphatic heterocycles. The van der Waals surface area contributed by atoms with Crippen LogP contribution in [0, 0.1) is 5.82 Å². The molecule has 128 valence electrons. The van der Waals surface area contributed by atoms with Crippen LogP contribution in [0.2, 0.25) is 0 Å². The monoisotopic (exact) mass is 349 g/mol. The lowest BCUT2D eigenvalue weighted by atomic mass is 10.1. The zero-order valence-corrected chi connectivity index (χ0v) is 14.5. The number of methoxy groups -OCH3 is 1. The SMILES string of the molecule is COc1cccc(F)c1[C@H](C)NC(=O)NCc1csc(C2CC2)n1. The molecule has 0 saturated heterocycles. The third-order valence-corrected chi connectivity index (χ3v) is 5.00. The molecule has 1 fully saturated rings. The van der Waals surface area contributed by atoms with Gasteiger partial charge in [0.25, 0.3) is 0 Å². The van der Waals surface area contributed by atoms with Gasteiger partial charge in [-0.05, 0) is 31.9 Å². The maximum atomic E-state index is 14.0. The molecule has 7 heteroatoms.